The van der Waals surface area contributed by atoms with Gasteiger partial charge in [-0.05, 0) is 60.1 Å². The zero-order valence-corrected chi connectivity index (χ0v) is 18.9. The molecule has 0 saturated carbocycles. The molecular formula is C23H28FNO4Si. The number of carbonyl (C=O) groups excluding carboxylic acids is 2. The van der Waals surface area contributed by atoms with Crippen molar-refractivity contribution < 1.29 is 23.1 Å². The highest BCUT2D eigenvalue weighted by Crippen LogP contribution is 2.41. The summed E-state index contributed by atoms with van der Waals surface area (Å²) in [4.78, 5) is 27.5. The molecule has 0 spiro atoms. The van der Waals surface area contributed by atoms with Gasteiger partial charge in [-0.3, -0.25) is 14.5 Å². The zero-order chi connectivity index (χ0) is 21.9. The summed E-state index contributed by atoms with van der Waals surface area (Å²) in [5.74, 6) is -0.470. The third kappa shape index (κ3) is 4.04. The number of rotatable bonds is 8. The Labute approximate surface area is 177 Å². The SMILES string of the molecule is CC[Si](CC)(CC)O[C@@H]1C(=O)N(C(=O)c2ccc(OC)cc2)[C@@H]1c1ccc(F)cc1. The molecule has 5 nitrogen and oxygen atoms in total. The maximum absolute atomic E-state index is 13.5. The van der Waals surface area contributed by atoms with Crippen LogP contribution in [-0.2, 0) is 9.22 Å². The molecule has 0 aromatic heterocycles. The lowest BCUT2D eigenvalue weighted by atomic mass is 9.90. The lowest BCUT2D eigenvalue weighted by Crippen LogP contribution is -2.64. The van der Waals surface area contributed by atoms with Crippen LogP contribution in [0.3, 0.4) is 0 Å². The molecule has 0 unspecified atom stereocenters. The third-order valence-electron chi connectivity index (χ3n) is 6.12. The summed E-state index contributed by atoms with van der Waals surface area (Å²) in [6.45, 7) is 6.28. The molecule has 0 radical (unpaired) electrons. The first-order chi connectivity index (χ1) is 14.4. The Kier molecular flexibility index (Phi) is 6.73. The topological polar surface area (TPSA) is 55.8 Å². The summed E-state index contributed by atoms with van der Waals surface area (Å²) < 4.78 is 25.1. The number of β-lactam (4-membered cyclic amide) rings is 1. The Hall–Kier alpha value is -2.51. The number of halogens is 1. The van der Waals surface area contributed by atoms with Gasteiger partial charge in [-0.2, -0.15) is 0 Å². The number of imide groups is 1. The van der Waals surface area contributed by atoms with Gasteiger partial charge >= 0.3 is 0 Å². The lowest BCUT2D eigenvalue weighted by molar-refractivity contribution is -0.158. The van der Waals surface area contributed by atoms with Crippen molar-refractivity contribution in [1.82, 2.24) is 4.90 Å². The van der Waals surface area contributed by atoms with Crippen LogP contribution >= 0.6 is 0 Å². The fraction of sp³-hybridized carbons (Fsp3) is 0.391. The van der Waals surface area contributed by atoms with Crippen molar-refractivity contribution in [3.8, 4) is 5.75 Å². The molecule has 7 heteroatoms. The van der Waals surface area contributed by atoms with Crippen molar-refractivity contribution in [1.29, 1.82) is 0 Å². The quantitative estimate of drug-likeness (QED) is 0.339. The van der Waals surface area contributed by atoms with Crippen LogP contribution < -0.4 is 4.74 Å². The summed E-state index contributed by atoms with van der Waals surface area (Å²) in [5.41, 5.74) is 1.08. The largest absolute Gasteiger partial charge is 0.497 e. The summed E-state index contributed by atoms with van der Waals surface area (Å²) >= 11 is 0. The summed E-state index contributed by atoms with van der Waals surface area (Å²) in [6, 6.07) is 14.7. The molecule has 1 aliphatic rings. The lowest BCUT2D eigenvalue weighted by Gasteiger charge is -2.48. The molecule has 0 aliphatic carbocycles. The van der Waals surface area contributed by atoms with Crippen LogP contribution in [0.1, 0.15) is 42.7 Å². The van der Waals surface area contributed by atoms with E-state index < -0.39 is 26.4 Å². The number of methoxy groups -OCH3 is 1. The van der Waals surface area contributed by atoms with E-state index in [9.17, 15) is 14.0 Å². The first-order valence-corrected chi connectivity index (χ1v) is 12.9. The van der Waals surface area contributed by atoms with E-state index in [1.165, 1.54) is 17.0 Å². The number of amides is 2. The number of likely N-dealkylation sites (tertiary alicyclic amines) is 1. The van der Waals surface area contributed by atoms with Gasteiger partial charge in [0.1, 0.15) is 11.6 Å². The first-order valence-electron chi connectivity index (χ1n) is 10.3. The minimum atomic E-state index is -2.08. The molecule has 1 saturated heterocycles. The molecule has 30 heavy (non-hydrogen) atoms. The second-order valence-corrected chi connectivity index (χ2v) is 12.2. The van der Waals surface area contributed by atoms with Gasteiger partial charge in [0.25, 0.3) is 11.8 Å². The Bertz CT molecular complexity index is 888. The van der Waals surface area contributed by atoms with Gasteiger partial charge in [-0.25, -0.2) is 4.39 Å². The molecule has 1 fully saturated rings. The van der Waals surface area contributed by atoms with E-state index in [0.717, 1.165) is 18.1 Å². The molecule has 1 aliphatic heterocycles. The molecule has 2 aromatic rings. The zero-order valence-electron chi connectivity index (χ0n) is 17.9. The van der Waals surface area contributed by atoms with E-state index >= 15 is 0 Å². The highest BCUT2D eigenvalue weighted by molar-refractivity contribution is 6.73. The van der Waals surface area contributed by atoms with Gasteiger partial charge in [0.15, 0.2) is 14.4 Å². The number of nitrogens with zero attached hydrogens (tertiary/aromatic N) is 1. The van der Waals surface area contributed by atoms with E-state index in [0.29, 0.717) is 16.9 Å². The molecule has 2 atom stereocenters. The fourth-order valence-corrected chi connectivity index (χ4v) is 6.70. The van der Waals surface area contributed by atoms with Gasteiger partial charge in [-0.15, -0.1) is 0 Å². The third-order valence-corrected chi connectivity index (χ3v) is 10.7. The molecule has 160 valence electrons. The van der Waals surface area contributed by atoms with Gasteiger partial charge in [0.05, 0.1) is 13.2 Å². The average molecular weight is 430 g/mol. The Morgan fingerprint density at radius 1 is 1.00 bits per heavy atom. The van der Waals surface area contributed by atoms with Gasteiger partial charge in [0.2, 0.25) is 0 Å². The molecule has 2 aromatic carbocycles. The standard InChI is InChI=1S/C23H28FNO4Si/c1-5-30(6-2,7-3)29-21-20(16-8-12-18(24)13-9-16)25(23(21)27)22(26)17-10-14-19(28-4)15-11-17/h8-15,20-21H,5-7H2,1-4H3/t20-,21+/m1/s1. The van der Waals surface area contributed by atoms with E-state index in [1.54, 1.807) is 43.5 Å². The Morgan fingerprint density at radius 3 is 2.07 bits per heavy atom. The van der Waals surface area contributed by atoms with E-state index in [2.05, 4.69) is 20.8 Å². The number of hydrogen-bond acceptors (Lipinski definition) is 4. The van der Waals surface area contributed by atoms with Crippen molar-refractivity contribution in [2.45, 2.75) is 51.0 Å². The van der Waals surface area contributed by atoms with Gasteiger partial charge in [0, 0.05) is 5.56 Å². The van der Waals surface area contributed by atoms with Crippen LogP contribution in [0, 0.1) is 5.82 Å². The van der Waals surface area contributed by atoms with Gasteiger partial charge < -0.3 is 9.16 Å². The van der Waals surface area contributed by atoms with Crippen LogP contribution in [0.5, 0.6) is 5.75 Å². The van der Waals surface area contributed by atoms with Crippen LogP contribution in [0.25, 0.3) is 0 Å². The van der Waals surface area contributed by atoms with Crippen LogP contribution in [-0.4, -0.2) is 38.2 Å². The predicted octanol–water partition coefficient (Wildman–Crippen LogP) is 4.95. The molecule has 1 heterocycles. The minimum absolute atomic E-state index is 0.336. The van der Waals surface area contributed by atoms with E-state index in [1.807, 2.05) is 0 Å². The first kappa shape index (κ1) is 22.2. The second-order valence-electron chi connectivity index (χ2n) is 7.52. The van der Waals surface area contributed by atoms with Crippen molar-refractivity contribution in [3.63, 3.8) is 0 Å². The highest BCUT2D eigenvalue weighted by atomic mass is 28.4. The van der Waals surface area contributed by atoms with Crippen molar-refractivity contribution in [2.75, 3.05) is 7.11 Å². The summed E-state index contributed by atoms with van der Waals surface area (Å²) in [5, 5.41) is 0. The smallest absolute Gasteiger partial charge is 0.261 e. The average Bonchev–Trinajstić information content (AvgIpc) is 2.79. The van der Waals surface area contributed by atoms with Crippen LogP contribution in [0.15, 0.2) is 48.5 Å². The normalized spacial score (nSPS) is 18.8. The maximum atomic E-state index is 13.5. The number of benzene rings is 2. The van der Waals surface area contributed by atoms with Crippen molar-refractivity contribution in [3.05, 3.63) is 65.5 Å². The molecule has 2 amide bonds. The predicted molar refractivity (Wildman–Crippen MR) is 115 cm³/mol. The van der Waals surface area contributed by atoms with Crippen LogP contribution in [0.2, 0.25) is 18.1 Å². The summed E-state index contributed by atoms with van der Waals surface area (Å²) in [7, 11) is -0.534. The van der Waals surface area contributed by atoms with E-state index in [-0.39, 0.29) is 11.7 Å². The minimum Gasteiger partial charge on any atom is -0.497 e. The van der Waals surface area contributed by atoms with Crippen molar-refractivity contribution >= 4 is 20.1 Å². The number of hydrogen-bond donors (Lipinski definition) is 0. The molecule has 3 rings (SSSR count). The Morgan fingerprint density at radius 2 is 1.57 bits per heavy atom. The van der Waals surface area contributed by atoms with Gasteiger partial charge in [-0.1, -0.05) is 32.9 Å². The monoisotopic (exact) mass is 429 g/mol. The van der Waals surface area contributed by atoms with E-state index in [4.69, 9.17) is 9.16 Å². The summed E-state index contributed by atoms with van der Waals surface area (Å²) in [6.07, 6.45) is -0.718. The number of carbonyl (C=O) groups is 2. The number of ether oxygens (including phenoxy) is 1. The maximum Gasteiger partial charge on any atom is 0.261 e. The van der Waals surface area contributed by atoms with Crippen LogP contribution in [0.4, 0.5) is 4.39 Å². The second kappa shape index (κ2) is 9.10. The fourth-order valence-electron chi connectivity index (χ4n) is 3.93. The molecular weight excluding hydrogens is 401 g/mol. The molecule has 0 N–H and O–H groups in total. The Balaban J connectivity index is 1.94. The highest BCUT2D eigenvalue weighted by Gasteiger charge is 2.54. The molecule has 0 bridgehead atoms. The van der Waals surface area contributed by atoms with Crippen molar-refractivity contribution in [2.24, 2.45) is 0 Å².